The molecular weight excluding hydrogens is 641 g/mol. The second-order valence-corrected chi connectivity index (χ2v) is 17.5. The van der Waals surface area contributed by atoms with Crippen molar-refractivity contribution >= 4 is 22.7 Å². The molecule has 8 heteroatoms. The Hall–Kier alpha value is -4.08. The van der Waals surface area contributed by atoms with E-state index >= 15 is 0 Å². The minimum atomic E-state index is -0.143. The second kappa shape index (κ2) is 9.91. The molecule has 4 saturated heterocycles. The Morgan fingerprint density at radius 3 is 1.65 bits per heavy atom. The largest absolute Gasteiger partial charge is 0.368 e. The van der Waals surface area contributed by atoms with Crippen LogP contribution in [0.4, 0.5) is 22.7 Å². The summed E-state index contributed by atoms with van der Waals surface area (Å²) in [6.07, 6.45) is 4.02. The molecule has 0 saturated carbocycles. The van der Waals surface area contributed by atoms with Crippen LogP contribution in [0.2, 0.25) is 0 Å². The highest BCUT2D eigenvalue weighted by molar-refractivity contribution is 5.81. The van der Waals surface area contributed by atoms with Gasteiger partial charge < -0.3 is 21.3 Å². The lowest BCUT2D eigenvalue weighted by Crippen LogP contribution is -2.83. The van der Waals surface area contributed by atoms with Gasteiger partial charge in [0, 0.05) is 59.8 Å². The molecule has 266 valence electrons. The first-order valence-electron chi connectivity index (χ1n) is 19.7. The van der Waals surface area contributed by atoms with Crippen molar-refractivity contribution in [2.75, 3.05) is 68.6 Å². The molecule has 0 radical (unpaired) electrons. The first-order chi connectivity index (χ1) is 25.4. The maximum atomic E-state index is 4.45. The third-order valence-corrected chi connectivity index (χ3v) is 15.9. The molecule has 8 aliphatic rings. The minimum Gasteiger partial charge on any atom is -0.368 e. The molecule has 0 amide bonds. The SMILES string of the molecule is CC1CN[C@@H]2Nc3c(cccc3[C@]34CCN(C)[C@H]3Nc3ccccc34)C13[C@@H]1Nc4c(cccc4[C@]45CCN(C)[C@H]4Nc4ccccc45)C23CCN1C. The highest BCUT2D eigenvalue weighted by Gasteiger charge is 2.73. The average Bonchev–Trinajstić information content (AvgIpc) is 3.89. The van der Waals surface area contributed by atoms with Gasteiger partial charge in [-0.1, -0.05) is 79.7 Å². The van der Waals surface area contributed by atoms with Gasteiger partial charge in [0.1, 0.15) is 0 Å². The molecule has 12 rings (SSSR count). The fourth-order valence-electron chi connectivity index (χ4n) is 13.9. The summed E-state index contributed by atoms with van der Waals surface area (Å²) in [5.74, 6) is 0.405. The molecule has 9 atom stereocenters. The summed E-state index contributed by atoms with van der Waals surface area (Å²) < 4.78 is 0. The van der Waals surface area contributed by atoms with Crippen molar-refractivity contribution in [1.82, 2.24) is 20.0 Å². The van der Waals surface area contributed by atoms with Crippen LogP contribution in [0.15, 0.2) is 84.9 Å². The van der Waals surface area contributed by atoms with Gasteiger partial charge in [-0.2, -0.15) is 0 Å². The quantitative estimate of drug-likeness (QED) is 0.184. The van der Waals surface area contributed by atoms with Crippen molar-refractivity contribution in [2.24, 2.45) is 5.92 Å². The summed E-state index contributed by atoms with van der Waals surface area (Å²) in [6, 6.07) is 32.9. The van der Waals surface area contributed by atoms with Crippen LogP contribution in [0.1, 0.15) is 59.6 Å². The van der Waals surface area contributed by atoms with Crippen LogP contribution in [0, 0.1) is 5.92 Å². The van der Waals surface area contributed by atoms with E-state index < -0.39 is 0 Å². The molecule has 4 fully saturated rings. The van der Waals surface area contributed by atoms with Gasteiger partial charge >= 0.3 is 0 Å². The molecule has 4 aromatic carbocycles. The van der Waals surface area contributed by atoms with E-state index in [2.05, 4.69) is 154 Å². The number of piperidine rings is 2. The summed E-state index contributed by atoms with van der Waals surface area (Å²) in [7, 11) is 6.97. The molecule has 4 bridgehead atoms. The predicted octanol–water partition coefficient (Wildman–Crippen LogP) is 5.69. The Morgan fingerprint density at radius 2 is 1.02 bits per heavy atom. The maximum Gasteiger partial charge on any atom is 0.0933 e. The topological polar surface area (TPSA) is 69.9 Å². The molecule has 52 heavy (non-hydrogen) atoms. The number of anilines is 4. The first-order valence-corrected chi connectivity index (χ1v) is 19.7. The number of hydrogen-bond donors (Lipinski definition) is 5. The number of nitrogens with one attached hydrogen (secondary N) is 5. The summed E-state index contributed by atoms with van der Waals surface area (Å²) in [5.41, 5.74) is 13.6. The minimum absolute atomic E-state index is 0.108. The number of nitrogens with zero attached hydrogens (tertiary/aromatic N) is 3. The molecule has 0 spiro atoms. The van der Waals surface area contributed by atoms with E-state index in [9.17, 15) is 0 Å². The molecule has 8 nitrogen and oxygen atoms in total. The lowest BCUT2D eigenvalue weighted by molar-refractivity contribution is -0.0596. The van der Waals surface area contributed by atoms with Gasteiger partial charge in [-0.3, -0.25) is 20.0 Å². The molecular formula is C44H50N8. The molecule has 8 heterocycles. The van der Waals surface area contributed by atoms with Crippen molar-refractivity contribution in [2.45, 2.75) is 72.5 Å². The Morgan fingerprint density at radius 1 is 0.519 bits per heavy atom. The van der Waals surface area contributed by atoms with Crippen molar-refractivity contribution < 1.29 is 0 Å². The average molecular weight is 691 g/mol. The number of rotatable bonds is 2. The van der Waals surface area contributed by atoms with E-state index in [0.29, 0.717) is 5.92 Å². The monoisotopic (exact) mass is 690 g/mol. The third kappa shape index (κ3) is 3.13. The van der Waals surface area contributed by atoms with Crippen molar-refractivity contribution in [3.63, 3.8) is 0 Å². The van der Waals surface area contributed by atoms with Gasteiger partial charge in [0.15, 0.2) is 0 Å². The predicted molar refractivity (Wildman–Crippen MR) is 209 cm³/mol. The second-order valence-electron chi connectivity index (χ2n) is 17.5. The van der Waals surface area contributed by atoms with Crippen LogP contribution >= 0.6 is 0 Å². The molecule has 0 aromatic heterocycles. The lowest BCUT2D eigenvalue weighted by Gasteiger charge is -2.72. The Balaban J connectivity index is 1.12. The van der Waals surface area contributed by atoms with E-state index in [4.69, 9.17) is 0 Å². The van der Waals surface area contributed by atoms with Crippen LogP contribution in [-0.4, -0.2) is 86.7 Å². The van der Waals surface area contributed by atoms with Crippen molar-refractivity contribution in [1.29, 1.82) is 0 Å². The van der Waals surface area contributed by atoms with E-state index in [0.717, 1.165) is 45.4 Å². The fraction of sp³-hybridized carbons (Fsp3) is 0.455. The van der Waals surface area contributed by atoms with E-state index in [1.54, 1.807) is 0 Å². The Labute approximate surface area is 307 Å². The number of para-hydroxylation sites is 4. The smallest absolute Gasteiger partial charge is 0.0933 e. The summed E-state index contributed by atoms with van der Waals surface area (Å²) in [5, 5.41) is 21.0. The van der Waals surface area contributed by atoms with Crippen LogP contribution in [0.25, 0.3) is 0 Å². The maximum absolute atomic E-state index is 4.45. The van der Waals surface area contributed by atoms with E-state index in [1.807, 2.05) is 0 Å². The van der Waals surface area contributed by atoms with Gasteiger partial charge in [0.2, 0.25) is 0 Å². The Kier molecular flexibility index (Phi) is 5.79. The number of likely N-dealkylation sites (N-methyl/N-ethyl adjacent to an activating group) is 3. The van der Waals surface area contributed by atoms with E-state index in [-0.39, 0.29) is 46.3 Å². The highest BCUT2D eigenvalue weighted by atomic mass is 15.4. The zero-order chi connectivity index (χ0) is 34.8. The van der Waals surface area contributed by atoms with Crippen molar-refractivity contribution in [3.8, 4) is 0 Å². The molecule has 5 N–H and O–H groups in total. The van der Waals surface area contributed by atoms with Gasteiger partial charge in [-0.05, 0) is 91.8 Å². The first kappa shape index (κ1) is 30.4. The lowest BCUT2D eigenvalue weighted by atomic mass is 9.42. The van der Waals surface area contributed by atoms with Gasteiger partial charge in [-0.15, -0.1) is 0 Å². The van der Waals surface area contributed by atoms with Gasteiger partial charge in [0.05, 0.1) is 35.5 Å². The molecule has 4 aromatic rings. The number of hydrogen-bond acceptors (Lipinski definition) is 8. The Bertz CT molecular complexity index is 2180. The standard InChI is InChI=1S/C44H50N8/c1-26-25-45-37-43-21-24-52(4)40(49-35-29(13-9-15-31(35)43)41-19-22-50(2)38(41)46-33-17-7-5-11-27(33)41)44(26,43)32-16-10-14-30(36(32)48-37)42-20-23-51(3)39(42)47-34-18-8-6-12-28(34)42/h5-18,26,37-40,45-49H,19-25H2,1-4H3/t26?,37-,38-,39-,40-,41-,42-,43?,44?/m1/s1. The van der Waals surface area contributed by atoms with Crippen LogP contribution < -0.4 is 26.6 Å². The third-order valence-electron chi connectivity index (χ3n) is 15.9. The normalized spacial score (nSPS) is 39.0. The number of likely N-dealkylation sites (tertiary alicyclic amines) is 3. The zero-order valence-electron chi connectivity index (χ0n) is 30.8. The summed E-state index contributed by atoms with van der Waals surface area (Å²) >= 11 is 0. The van der Waals surface area contributed by atoms with Gasteiger partial charge in [0.25, 0.3) is 0 Å². The highest BCUT2D eigenvalue weighted by Crippen LogP contribution is 2.69. The van der Waals surface area contributed by atoms with Crippen LogP contribution in [-0.2, 0) is 21.7 Å². The zero-order valence-corrected chi connectivity index (χ0v) is 30.8. The number of benzene rings is 4. The number of fused-ring (bicyclic) bond motifs is 8. The summed E-state index contributed by atoms with van der Waals surface area (Å²) in [6.45, 7) is 6.72. The molecule has 3 unspecified atom stereocenters. The van der Waals surface area contributed by atoms with E-state index in [1.165, 1.54) is 56.1 Å². The van der Waals surface area contributed by atoms with Gasteiger partial charge in [-0.25, -0.2) is 0 Å². The summed E-state index contributed by atoms with van der Waals surface area (Å²) in [4.78, 5) is 7.75. The molecule has 8 aliphatic heterocycles. The molecule has 0 aliphatic carbocycles. The van der Waals surface area contributed by atoms with Crippen LogP contribution in [0.5, 0.6) is 0 Å². The van der Waals surface area contributed by atoms with Crippen LogP contribution in [0.3, 0.4) is 0 Å². The van der Waals surface area contributed by atoms with Crippen molar-refractivity contribution in [3.05, 3.63) is 118 Å². The fourth-order valence-corrected chi connectivity index (χ4v) is 13.9.